The van der Waals surface area contributed by atoms with Crippen molar-refractivity contribution in [2.24, 2.45) is 4.99 Å². The lowest BCUT2D eigenvalue weighted by Crippen LogP contribution is -2.75. The van der Waals surface area contributed by atoms with Crippen molar-refractivity contribution in [2.75, 3.05) is 19.8 Å². The van der Waals surface area contributed by atoms with E-state index in [1.807, 2.05) is 0 Å². The normalized spacial score (nSPS) is 25.4. The van der Waals surface area contributed by atoms with Crippen molar-refractivity contribution in [3.63, 3.8) is 0 Å². The largest absolute Gasteiger partial charge is 0.434 e. The number of rotatable bonds is 2. The predicted octanol–water partition coefficient (Wildman–Crippen LogP) is 3.32. The summed E-state index contributed by atoms with van der Waals surface area (Å²) in [5, 5.41) is 0.0774. The van der Waals surface area contributed by atoms with Gasteiger partial charge >= 0.3 is 24.7 Å². The number of likely N-dealkylation sites (tertiary alicyclic amines) is 1. The van der Waals surface area contributed by atoms with E-state index < -0.39 is 48.4 Å². The number of nitrogens with one attached hydrogen (secondary N) is 2. The first-order chi connectivity index (χ1) is 12.4. The number of nitrogens with zero attached hydrogens (tertiary/aromatic N) is 2. The van der Waals surface area contributed by atoms with E-state index in [4.69, 9.17) is 0 Å². The van der Waals surface area contributed by atoms with Crippen LogP contribution in [0.25, 0.3) is 0 Å². The number of amidine groups is 1. The lowest BCUT2D eigenvalue weighted by Gasteiger charge is -2.37. The molecule has 4 nitrogen and oxygen atoms in total. The summed E-state index contributed by atoms with van der Waals surface area (Å²) in [5.41, 5.74) is -11.4. The van der Waals surface area contributed by atoms with Gasteiger partial charge in [0.1, 0.15) is 5.84 Å². The second-order valence-corrected chi connectivity index (χ2v) is 6.21. The molecule has 0 aromatic rings. The maximum absolute atomic E-state index is 13.3. The van der Waals surface area contributed by atoms with Gasteiger partial charge in [-0.2, -0.15) is 52.7 Å². The lowest BCUT2D eigenvalue weighted by molar-refractivity contribution is -0.334. The van der Waals surface area contributed by atoms with Crippen molar-refractivity contribution in [1.82, 2.24) is 15.5 Å². The van der Waals surface area contributed by atoms with Gasteiger partial charge in [-0.05, 0) is 25.9 Å². The fraction of sp³-hybridized carbons (Fsp3) is 0.917. The molecule has 0 unspecified atom stereocenters. The van der Waals surface area contributed by atoms with Gasteiger partial charge in [0.15, 0.2) is 0 Å². The molecule has 2 aliphatic rings. The Morgan fingerprint density at radius 1 is 0.750 bits per heavy atom. The van der Waals surface area contributed by atoms with Gasteiger partial charge in [-0.3, -0.25) is 15.2 Å². The summed E-state index contributed by atoms with van der Waals surface area (Å²) in [6, 6.07) is 0. The maximum atomic E-state index is 13.3. The molecule has 0 spiro atoms. The fourth-order valence-electron chi connectivity index (χ4n) is 2.91. The first-order valence-electron chi connectivity index (χ1n) is 7.51. The van der Waals surface area contributed by atoms with Crippen LogP contribution in [0.2, 0.25) is 0 Å². The number of hydrogen-bond donors (Lipinski definition) is 2. The molecular weight excluding hydrogens is 428 g/mol. The molecular formula is C12H12F12N4. The number of alkyl halides is 12. The van der Waals surface area contributed by atoms with E-state index in [2.05, 4.69) is 4.99 Å². The Kier molecular flexibility index (Phi) is 5.33. The summed E-state index contributed by atoms with van der Waals surface area (Å²) in [6.45, 7) is -0.610. The molecule has 0 amide bonds. The van der Waals surface area contributed by atoms with Gasteiger partial charge in [0.25, 0.3) is 11.2 Å². The van der Waals surface area contributed by atoms with Gasteiger partial charge in [-0.15, -0.1) is 0 Å². The molecule has 16 heteroatoms. The molecule has 2 saturated heterocycles. The Bertz CT molecular complexity index is 580. The minimum Gasteiger partial charge on any atom is -0.339 e. The van der Waals surface area contributed by atoms with E-state index in [0.29, 0.717) is 18.2 Å². The highest BCUT2D eigenvalue weighted by Crippen LogP contribution is 2.53. The number of aliphatic imine (C=N–C) groups is 1. The number of hydrogen-bond acceptors (Lipinski definition) is 3. The van der Waals surface area contributed by atoms with Crippen LogP contribution in [0, 0.1) is 0 Å². The van der Waals surface area contributed by atoms with Crippen LogP contribution in [-0.4, -0.2) is 66.4 Å². The first kappa shape index (κ1) is 22.8. The van der Waals surface area contributed by atoms with E-state index in [1.54, 1.807) is 0 Å². The molecule has 2 fully saturated rings. The molecule has 0 saturated carbocycles. The summed E-state index contributed by atoms with van der Waals surface area (Å²) in [7, 11) is 0. The molecule has 0 atom stereocenters. The van der Waals surface area contributed by atoms with E-state index >= 15 is 0 Å². The van der Waals surface area contributed by atoms with Crippen LogP contribution in [0.4, 0.5) is 52.7 Å². The van der Waals surface area contributed by atoms with Crippen molar-refractivity contribution in [3.05, 3.63) is 0 Å². The Labute approximate surface area is 148 Å². The van der Waals surface area contributed by atoms with Crippen LogP contribution in [0.1, 0.15) is 12.8 Å². The molecule has 2 aliphatic heterocycles. The monoisotopic (exact) mass is 440 g/mol. The summed E-state index contributed by atoms with van der Waals surface area (Å²) < 4.78 is 159. The second-order valence-electron chi connectivity index (χ2n) is 6.21. The highest BCUT2D eigenvalue weighted by molar-refractivity contribution is 5.96. The quantitative estimate of drug-likeness (QED) is 0.648. The van der Waals surface area contributed by atoms with E-state index in [-0.39, 0.29) is 18.4 Å². The first-order valence-corrected chi connectivity index (χ1v) is 7.51. The van der Waals surface area contributed by atoms with Crippen molar-refractivity contribution in [2.45, 2.75) is 48.7 Å². The van der Waals surface area contributed by atoms with Gasteiger partial charge in [-0.25, -0.2) is 0 Å². The molecule has 0 radical (unpaired) electrons. The zero-order valence-electron chi connectivity index (χ0n) is 13.5. The van der Waals surface area contributed by atoms with Crippen molar-refractivity contribution >= 4 is 5.84 Å². The molecule has 2 heterocycles. The summed E-state index contributed by atoms with van der Waals surface area (Å²) in [5.74, 6) is -2.55. The summed E-state index contributed by atoms with van der Waals surface area (Å²) >= 11 is 0. The molecule has 0 bridgehead atoms. The average Bonchev–Trinajstić information content (AvgIpc) is 3.08. The zero-order chi connectivity index (χ0) is 21.8. The summed E-state index contributed by atoms with van der Waals surface area (Å²) in [4.78, 5) is 4.03. The van der Waals surface area contributed by atoms with Crippen molar-refractivity contribution in [3.8, 4) is 0 Å². The fourth-order valence-corrected chi connectivity index (χ4v) is 2.91. The Balaban J connectivity index is 2.68. The van der Waals surface area contributed by atoms with E-state index in [9.17, 15) is 52.7 Å². The third-order valence-electron chi connectivity index (χ3n) is 4.36. The van der Waals surface area contributed by atoms with Crippen LogP contribution >= 0.6 is 0 Å². The van der Waals surface area contributed by atoms with Crippen molar-refractivity contribution in [1.29, 1.82) is 0 Å². The van der Waals surface area contributed by atoms with Crippen LogP contribution in [0.3, 0.4) is 0 Å². The topological polar surface area (TPSA) is 39.7 Å². The van der Waals surface area contributed by atoms with Gasteiger partial charge in [0, 0.05) is 0 Å². The predicted molar refractivity (Wildman–Crippen MR) is 69.1 cm³/mol. The molecule has 164 valence electrons. The Hall–Kier alpha value is -1.45. The van der Waals surface area contributed by atoms with Gasteiger partial charge < -0.3 is 5.32 Å². The molecule has 0 aromatic heterocycles. The number of halogens is 12. The van der Waals surface area contributed by atoms with Gasteiger partial charge in [0.05, 0.1) is 6.67 Å². The smallest absolute Gasteiger partial charge is 0.339 e. The maximum Gasteiger partial charge on any atom is 0.434 e. The van der Waals surface area contributed by atoms with Crippen LogP contribution in [0.5, 0.6) is 0 Å². The average molecular weight is 440 g/mol. The Morgan fingerprint density at radius 3 is 1.54 bits per heavy atom. The highest BCUT2D eigenvalue weighted by atomic mass is 19.4. The SMILES string of the molecule is FC(F)(F)C1(C(F)(F)F)NC(=NCN2CCCC2)C(C(F)(F)F)(C(F)(F)F)N1. The van der Waals surface area contributed by atoms with Crippen molar-refractivity contribution < 1.29 is 52.7 Å². The molecule has 2 N–H and O–H groups in total. The second kappa shape index (κ2) is 6.53. The third kappa shape index (κ3) is 3.37. The Morgan fingerprint density at radius 2 is 1.18 bits per heavy atom. The molecule has 0 aliphatic carbocycles. The van der Waals surface area contributed by atoms with Gasteiger partial charge in [-0.1, -0.05) is 0 Å². The molecule has 2 rings (SSSR count). The lowest BCUT2D eigenvalue weighted by atomic mass is 9.97. The van der Waals surface area contributed by atoms with E-state index in [1.165, 1.54) is 4.90 Å². The summed E-state index contributed by atoms with van der Waals surface area (Å²) in [6.07, 6.45) is -25.5. The molecule has 0 aromatic carbocycles. The van der Waals surface area contributed by atoms with Crippen LogP contribution < -0.4 is 10.6 Å². The van der Waals surface area contributed by atoms with Gasteiger partial charge in [0.2, 0.25) is 0 Å². The van der Waals surface area contributed by atoms with Crippen LogP contribution in [-0.2, 0) is 0 Å². The van der Waals surface area contributed by atoms with Crippen LogP contribution in [0.15, 0.2) is 4.99 Å². The minimum atomic E-state index is -6.62. The standard InChI is InChI=1S/C12H12F12N4/c13-9(14,15)7(10(16,17)18)6(25-5-28-3-1-2-4-28)26-8(27-7,11(19,20)21)12(22,23)24/h27H,1-5H2,(H,25,26). The van der Waals surface area contributed by atoms with E-state index in [0.717, 1.165) is 0 Å². The third-order valence-corrected chi connectivity index (χ3v) is 4.36. The highest BCUT2D eigenvalue weighted by Gasteiger charge is 2.87. The zero-order valence-corrected chi connectivity index (χ0v) is 13.5. The minimum absolute atomic E-state index is 0.166. The molecule has 28 heavy (non-hydrogen) atoms.